The number of nitrogens with zero attached hydrogens (tertiary/aromatic N) is 1. The Bertz CT molecular complexity index is 941. The minimum absolute atomic E-state index is 0.0519. The molecule has 27 heavy (non-hydrogen) atoms. The molecule has 0 saturated heterocycles. The van der Waals surface area contributed by atoms with Gasteiger partial charge in [-0.05, 0) is 24.6 Å². The number of halogens is 1. The van der Waals surface area contributed by atoms with E-state index in [1.165, 1.54) is 12.3 Å². The third-order valence-electron chi connectivity index (χ3n) is 3.61. The molecule has 0 radical (unpaired) electrons. The summed E-state index contributed by atoms with van der Waals surface area (Å²) in [6, 6.07) is 4.02. The number of Topliss-reactive ketones (excluding diaryl/α,β-unsaturated/α-hetero) is 1. The molecule has 146 valence electrons. The summed E-state index contributed by atoms with van der Waals surface area (Å²) in [7, 11) is -3.39. The summed E-state index contributed by atoms with van der Waals surface area (Å²) >= 11 is 6.83. The molecule has 2 aromatic rings. The van der Waals surface area contributed by atoms with E-state index in [-0.39, 0.29) is 15.1 Å². The van der Waals surface area contributed by atoms with Gasteiger partial charge in [-0.3, -0.25) is 10.1 Å². The van der Waals surface area contributed by atoms with Crippen molar-refractivity contribution in [1.82, 2.24) is 4.98 Å². The molecule has 0 unspecified atom stereocenters. The summed E-state index contributed by atoms with van der Waals surface area (Å²) in [5, 5.41) is 5.60. The molecule has 0 fully saturated rings. The Morgan fingerprint density at radius 3 is 2.59 bits per heavy atom. The molecule has 1 aromatic heterocycles. The van der Waals surface area contributed by atoms with Gasteiger partial charge in [-0.25, -0.2) is 18.2 Å². The molecular weight excluding hydrogens is 410 g/mol. The fraction of sp³-hybridized carbons (Fsp3) is 0.353. The van der Waals surface area contributed by atoms with Crippen molar-refractivity contribution in [2.24, 2.45) is 0 Å². The van der Waals surface area contributed by atoms with Gasteiger partial charge >= 0.3 is 6.03 Å². The highest BCUT2D eigenvalue weighted by atomic mass is 35.5. The van der Waals surface area contributed by atoms with Crippen molar-refractivity contribution in [3.8, 4) is 0 Å². The van der Waals surface area contributed by atoms with Crippen LogP contribution < -0.4 is 10.6 Å². The van der Waals surface area contributed by atoms with Crippen LogP contribution in [-0.2, 0) is 9.84 Å². The molecule has 1 aromatic carbocycles. The number of hydrogen-bond donors (Lipinski definition) is 2. The number of nitrogens with one attached hydrogen (secondary N) is 2. The first-order chi connectivity index (χ1) is 12.7. The Morgan fingerprint density at radius 1 is 1.22 bits per heavy atom. The second kappa shape index (κ2) is 9.29. The number of hydrogen-bond acceptors (Lipinski definition) is 6. The molecule has 0 saturated carbocycles. The van der Waals surface area contributed by atoms with Gasteiger partial charge in [0.1, 0.15) is 4.21 Å². The number of thiazole rings is 1. The number of sulfone groups is 1. The van der Waals surface area contributed by atoms with Gasteiger partial charge in [0.2, 0.25) is 0 Å². The first-order valence-corrected chi connectivity index (χ1v) is 11.4. The van der Waals surface area contributed by atoms with Gasteiger partial charge in [0.05, 0.1) is 11.9 Å². The lowest BCUT2D eigenvalue weighted by Gasteiger charge is -2.11. The lowest BCUT2D eigenvalue weighted by Crippen LogP contribution is -2.21. The van der Waals surface area contributed by atoms with Crippen molar-refractivity contribution < 1.29 is 18.0 Å². The van der Waals surface area contributed by atoms with Crippen LogP contribution in [0.4, 0.5) is 15.6 Å². The topological polar surface area (TPSA) is 105 Å². The lowest BCUT2D eigenvalue weighted by atomic mass is 10.0. The third kappa shape index (κ3) is 6.30. The second-order valence-electron chi connectivity index (χ2n) is 5.91. The first-order valence-electron chi connectivity index (χ1n) is 8.27. The second-order valence-corrected chi connectivity index (χ2v) is 9.62. The van der Waals surface area contributed by atoms with E-state index in [1.54, 1.807) is 12.1 Å². The van der Waals surface area contributed by atoms with Crippen molar-refractivity contribution in [3.63, 3.8) is 0 Å². The van der Waals surface area contributed by atoms with Crippen molar-refractivity contribution in [3.05, 3.63) is 35.0 Å². The zero-order chi connectivity index (χ0) is 20.0. The Labute approximate surface area is 167 Å². The average molecular weight is 430 g/mol. The number of ketones is 1. The average Bonchev–Trinajstić information content (AvgIpc) is 3.05. The highest BCUT2D eigenvalue weighted by molar-refractivity contribution is 7.92. The number of carbonyl (C=O) groups is 2. The van der Waals surface area contributed by atoms with E-state index in [0.29, 0.717) is 22.7 Å². The molecule has 0 aliphatic heterocycles. The van der Waals surface area contributed by atoms with Crippen molar-refractivity contribution >= 4 is 55.4 Å². The maximum absolute atomic E-state index is 12.4. The molecule has 0 bridgehead atoms. The predicted molar refractivity (Wildman–Crippen MR) is 108 cm³/mol. The Balaban J connectivity index is 2.10. The largest absolute Gasteiger partial charge is 0.325 e. The van der Waals surface area contributed by atoms with Crippen LogP contribution in [0.25, 0.3) is 0 Å². The van der Waals surface area contributed by atoms with Gasteiger partial charge in [0.15, 0.2) is 20.8 Å². The van der Waals surface area contributed by atoms with Gasteiger partial charge in [-0.1, -0.05) is 42.7 Å². The zero-order valence-electron chi connectivity index (χ0n) is 14.9. The summed E-state index contributed by atoms with van der Waals surface area (Å²) in [5.74, 6) is -0.102. The fourth-order valence-corrected chi connectivity index (χ4v) is 4.07. The minimum atomic E-state index is -3.39. The van der Waals surface area contributed by atoms with Gasteiger partial charge < -0.3 is 5.32 Å². The quantitative estimate of drug-likeness (QED) is 0.471. The molecule has 0 spiro atoms. The number of anilines is 2. The van der Waals surface area contributed by atoms with Gasteiger partial charge in [0.25, 0.3) is 0 Å². The van der Waals surface area contributed by atoms with Crippen LogP contribution in [0.15, 0.2) is 28.6 Å². The number of amides is 2. The van der Waals surface area contributed by atoms with E-state index in [0.717, 1.165) is 36.9 Å². The summed E-state index contributed by atoms with van der Waals surface area (Å²) < 4.78 is 23.0. The van der Waals surface area contributed by atoms with E-state index in [2.05, 4.69) is 22.5 Å². The highest BCUT2D eigenvalue weighted by Crippen LogP contribution is 2.25. The molecule has 10 heteroatoms. The Morgan fingerprint density at radius 2 is 1.96 bits per heavy atom. The monoisotopic (exact) mass is 429 g/mol. The third-order valence-corrected chi connectivity index (χ3v) is 6.55. The lowest BCUT2D eigenvalue weighted by molar-refractivity contribution is 0.0980. The molecule has 2 rings (SSSR count). The van der Waals surface area contributed by atoms with Crippen molar-refractivity contribution in [1.29, 1.82) is 0 Å². The fourth-order valence-electron chi connectivity index (χ4n) is 2.27. The molecule has 2 N–H and O–H groups in total. The molecule has 1 heterocycles. The summed E-state index contributed by atoms with van der Waals surface area (Å²) in [5.41, 5.74) is 0.669. The van der Waals surface area contributed by atoms with E-state index in [1.807, 2.05) is 0 Å². The van der Waals surface area contributed by atoms with Crippen LogP contribution >= 0.6 is 22.9 Å². The molecular formula is C17H20ClN3O4S2. The summed E-state index contributed by atoms with van der Waals surface area (Å²) in [6.45, 7) is 2.05. The predicted octanol–water partition coefficient (Wildman–Crippen LogP) is 4.61. The summed E-state index contributed by atoms with van der Waals surface area (Å²) in [6.07, 6.45) is 5.33. The molecule has 7 nitrogen and oxygen atoms in total. The highest BCUT2D eigenvalue weighted by Gasteiger charge is 2.16. The molecule has 0 aliphatic rings. The number of urea groups is 1. The van der Waals surface area contributed by atoms with Crippen LogP contribution in [0.5, 0.6) is 0 Å². The standard InChI is InChI=1S/C17H20ClN3O4S2/c1-3-4-5-6-14(22)12-9-11(18)7-8-13(12)20-16(23)21-17-19-10-15(26-17)27(2,24)25/h7-10H,3-6H2,1-2H3,(H2,19,20,21,23). The van der Waals surface area contributed by atoms with E-state index >= 15 is 0 Å². The van der Waals surface area contributed by atoms with Crippen molar-refractivity contribution in [2.75, 3.05) is 16.9 Å². The SMILES string of the molecule is CCCCCC(=O)c1cc(Cl)ccc1NC(=O)Nc1ncc(S(C)(=O)=O)s1. The first kappa shape index (κ1) is 21.3. The number of carbonyl (C=O) groups excluding carboxylic acids is 2. The van der Waals surface area contributed by atoms with Crippen LogP contribution in [0, 0.1) is 0 Å². The number of benzene rings is 1. The van der Waals surface area contributed by atoms with Crippen molar-refractivity contribution in [2.45, 2.75) is 36.8 Å². The molecule has 0 aliphatic carbocycles. The maximum Gasteiger partial charge on any atom is 0.325 e. The Hall–Kier alpha value is -1.97. The van der Waals surface area contributed by atoms with Crippen LogP contribution in [-0.4, -0.2) is 31.5 Å². The smallest absolute Gasteiger partial charge is 0.307 e. The van der Waals surface area contributed by atoms with Gasteiger partial charge in [-0.2, -0.15) is 0 Å². The maximum atomic E-state index is 12.4. The molecule has 0 atom stereocenters. The van der Waals surface area contributed by atoms with Gasteiger partial charge in [-0.15, -0.1) is 0 Å². The number of rotatable bonds is 8. The van der Waals surface area contributed by atoms with E-state index < -0.39 is 15.9 Å². The zero-order valence-corrected chi connectivity index (χ0v) is 17.3. The summed E-state index contributed by atoms with van der Waals surface area (Å²) in [4.78, 5) is 28.5. The number of aromatic nitrogens is 1. The van der Waals surface area contributed by atoms with Crippen LogP contribution in [0.2, 0.25) is 5.02 Å². The van der Waals surface area contributed by atoms with Crippen LogP contribution in [0.1, 0.15) is 43.0 Å². The number of unbranched alkanes of at least 4 members (excludes halogenated alkanes) is 2. The van der Waals surface area contributed by atoms with E-state index in [4.69, 9.17) is 11.6 Å². The van der Waals surface area contributed by atoms with E-state index in [9.17, 15) is 18.0 Å². The normalized spacial score (nSPS) is 11.2. The minimum Gasteiger partial charge on any atom is -0.307 e. The Kier molecular flexibility index (Phi) is 7.34. The van der Waals surface area contributed by atoms with Gasteiger partial charge in [0, 0.05) is 23.3 Å². The van der Waals surface area contributed by atoms with Crippen LogP contribution in [0.3, 0.4) is 0 Å². The molecule has 2 amide bonds.